The van der Waals surface area contributed by atoms with E-state index in [2.05, 4.69) is 6.08 Å². The summed E-state index contributed by atoms with van der Waals surface area (Å²) in [6, 6.07) is 7.64. The smallest absolute Gasteiger partial charge is 0.223 e. The molecule has 0 amide bonds. The van der Waals surface area contributed by atoms with Gasteiger partial charge in [-0.3, -0.25) is 4.21 Å². The van der Waals surface area contributed by atoms with Crippen LogP contribution in [0.25, 0.3) is 5.57 Å². The molecule has 0 bridgehead atoms. The van der Waals surface area contributed by atoms with Gasteiger partial charge in [0.05, 0.1) is 6.10 Å². The topological polar surface area (TPSA) is 63.3 Å². The summed E-state index contributed by atoms with van der Waals surface area (Å²) in [5.41, 5.74) is 1.94. The molecule has 0 spiro atoms. The van der Waals surface area contributed by atoms with Crippen LogP contribution in [0.2, 0.25) is 5.02 Å². The molecule has 0 fully saturated rings. The van der Waals surface area contributed by atoms with Gasteiger partial charge in [0.1, 0.15) is 5.69 Å². The molecular weight excluding hydrogens is 426 g/mol. The summed E-state index contributed by atoms with van der Waals surface area (Å²) in [7, 11) is -0.985. The average molecular weight is 448 g/mol. The van der Waals surface area contributed by atoms with Gasteiger partial charge in [0.15, 0.2) is 5.09 Å². The number of aromatic nitrogens is 1. The highest BCUT2D eigenvalue weighted by Gasteiger charge is 2.25. The van der Waals surface area contributed by atoms with Crippen molar-refractivity contribution in [2.45, 2.75) is 47.7 Å². The second-order valence-corrected chi connectivity index (χ2v) is 10.0. The Morgan fingerprint density at radius 3 is 2.66 bits per heavy atom. The van der Waals surface area contributed by atoms with Crippen LogP contribution in [-0.2, 0) is 10.8 Å². The first-order chi connectivity index (χ1) is 14.0. The average Bonchev–Trinajstić information content (AvgIpc) is 3.14. The molecule has 0 aliphatic heterocycles. The van der Waals surface area contributed by atoms with Crippen LogP contribution in [0.15, 0.2) is 67.9 Å². The molecule has 0 radical (unpaired) electrons. The van der Waals surface area contributed by atoms with E-state index in [9.17, 15) is 9.32 Å². The zero-order valence-corrected chi connectivity index (χ0v) is 18.4. The molecule has 1 heterocycles. The molecule has 0 saturated heterocycles. The maximum atomic E-state index is 11.7. The van der Waals surface area contributed by atoms with Gasteiger partial charge in [-0.2, -0.15) is 0 Å². The summed E-state index contributed by atoms with van der Waals surface area (Å²) in [5.74, 6) is 0.704. The number of oxazole rings is 1. The molecule has 1 N–H and O–H groups in total. The predicted octanol–water partition coefficient (Wildman–Crippen LogP) is 5.71. The zero-order valence-electron chi connectivity index (χ0n) is 16.0. The van der Waals surface area contributed by atoms with Crippen LogP contribution in [0, 0.1) is 0 Å². The van der Waals surface area contributed by atoms with E-state index in [1.165, 1.54) is 11.8 Å². The first-order valence-corrected chi connectivity index (χ1v) is 12.3. The van der Waals surface area contributed by atoms with Crippen molar-refractivity contribution in [2.75, 3.05) is 6.26 Å². The number of aliphatic hydroxyl groups is 1. The van der Waals surface area contributed by atoms with Crippen molar-refractivity contribution in [1.82, 2.24) is 4.98 Å². The molecule has 7 heteroatoms. The molecule has 0 saturated carbocycles. The molecule has 2 aromatic rings. The Hall–Kier alpha value is -1.60. The van der Waals surface area contributed by atoms with Crippen molar-refractivity contribution >= 4 is 39.7 Å². The SMILES string of the molecule is CS(=O)C1=CCC(c2nc(C3=CCC(O)CC3)oc2Sc2ccc(Cl)cc2)C=C1. The van der Waals surface area contributed by atoms with Crippen molar-refractivity contribution in [1.29, 1.82) is 0 Å². The summed E-state index contributed by atoms with van der Waals surface area (Å²) < 4.78 is 17.9. The number of rotatable bonds is 5. The second-order valence-electron chi connectivity index (χ2n) is 7.17. The lowest BCUT2D eigenvalue weighted by Crippen LogP contribution is -2.09. The fourth-order valence-corrected chi connectivity index (χ4v) is 5.04. The van der Waals surface area contributed by atoms with Crippen LogP contribution < -0.4 is 0 Å². The number of allylic oxidation sites excluding steroid dienone is 4. The Morgan fingerprint density at radius 1 is 1.24 bits per heavy atom. The number of aliphatic hydroxyl groups excluding tert-OH is 1. The first kappa shape index (κ1) is 20.7. The Balaban J connectivity index is 1.65. The Morgan fingerprint density at radius 2 is 2.03 bits per heavy atom. The number of nitrogens with zero attached hydrogens (tertiary/aromatic N) is 1. The van der Waals surface area contributed by atoms with Crippen LogP contribution in [0.3, 0.4) is 0 Å². The Kier molecular flexibility index (Phi) is 6.44. The van der Waals surface area contributed by atoms with Gasteiger partial charge in [0.25, 0.3) is 0 Å². The summed E-state index contributed by atoms with van der Waals surface area (Å²) in [5, 5.41) is 11.2. The van der Waals surface area contributed by atoms with E-state index in [0.717, 1.165) is 45.4 Å². The van der Waals surface area contributed by atoms with Crippen LogP contribution in [0.1, 0.15) is 43.2 Å². The molecule has 1 aromatic heterocycles. The Bertz CT molecular complexity index is 1010. The standard InChI is InChI=1S/C22H22ClNO3S2/c1-29(26)19-12-4-14(5-13-19)20-22(28-18-10-6-16(23)7-11-18)27-21(24-20)15-2-8-17(25)9-3-15/h2,4,6-7,10-14,17,25H,3,5,8-9H2,1H3. The molecule has 3 atom stereocenters. The van der Waals surface area contributed by atoms with E-state index < -0.39 is 10.8 Å². The third-order valence-corrected chi connectivity index (χ3v) is 7.26. The highest BCUT2D eigenvalue weighted by Crippen LogP contribution is 2.40. The lowest BCUT2D eigenvalue weighted by Gasteiger charge is -2.15. The van der Waals surface area contributed by atoms with Gasteiger partial charge in [-0.15, -0.1) is 0 Å². The van der Waals surface area contributed by atoms with Gasteiger partial charge in [-0.25, -0.2) is 4.98 Å². The number of halogens is 1. The molecule has 4 nitrogen and oxygen atoms in total. The van der Waals surface area contributed by atoms with Crippen molar-refractivity contribution < 1.29 is 13.7 Å². The third kappa shape index (κ3) is 4.94. The first-order valence-electron chi connectivity index (χ1n) is 9.53. The van der Waals surface area contributed by atoms with Crippen molar-refractivity contribution in [3.63, 3.8) is 0 Å². The van der Waals surface area contributed by atoms with E-state index in [1.54, 1.807) is 6.26 Å². The largest absolute Gasteiger partial charge is 0.430 e. The van der Waals surface area contributed by atoms with Gasteiger partial charge in [-0.05, 0) is 56.0 Å². The van der Waals surface area contributed by atoms with Gasteiger partial charge in [0, 0.05) is 43.4 Å². The molecular formula is C22H22ClNO3S2. The maximum absolute atomic E-state index is 11.7. The number of benzene rings is 1. The lowest BCUT2D eigenvalue weighted by molar-refractivity contribution is 0.165. The van der Waals surface area contributed by atoms with E-state index >= 15 is 0 Å². The van der Waals surface area contributed by atoms with Gasteiger partial charge in [-0.1, -0.05) is 41.6 Å². The predicted molar refractivity (Wildman–Crippen MR) is 119 cm³/mol. The Labute approximate surface area is 182 Å². The minimum Gasteiger partial charge on any atom is -0.430 e. The van der Waals surface area contributed by atoms with Crippen LogP contribution >= 0.6 is 23.4 Å². The van der Waals surface area contributed by atoms with Crippen LogP contribution in [0.4, 0.5) is 0 Å². The van der Waals surface area contributed by atoms with Crippen molar-refractivity contribution in [2.24, 2.45) is 0 Å². The molecule has 1 aromatic carbocycles. The number of hydrogen-bond acceptors (Lipinski definition) is 5. The van der Waals surface area contributed by atoms with E-state index in [4.69, 9.17) is 21.0 Å². The monoisotopic (exact) mass is 447 g/mol. The van der Waals surface area contributed by atoms with Gasteiger partial charge in [0.2, 0.25) is 5.89 Å². The van der Waals surface area contributed by atoms with Crippen molar-refractivity contribution in [3.8, 4) is 0 Å². The normalized spacial score (nSPS) is 22.9. The minimum absolute atomic E-state index is 0.0735. The summed E-state index contributed by atoms with van der Waals surface area (Å²) in [6.45, 7) is 0. The van der Waals surface area contributed by atoms with Crippen LogP contribution in [-0.4, -0.2) is 26.7 Å². The molecule has 152 valence electrons. The quantitative estimate of drug-likeness (QED) is 0.635. The fourth-order valence-electron chi connectivity index (χ4n) is 3.40. The number of hydrogen-bond donors (Lipinski definition) is 1. The van der Waals surface area contributed by atoms with E-state index in [0.29, 0.717) is 17.3 Å². The van der Waals surface area contributed by atoms with Crippen LogP contribution in [0.5, 0.6) is 0 Å². The summed E-state index contributed by atoms with van der Waals surface area (Å²) >= 11 is 7.54. The zero-order chi connectivity index (χ0) is 20.4. The molecule has 3 unspecified atom stereocenters. The fraction of sp³-hybridized carbons (Fsp3) is 0.318. The highest BCUT2D eigenvalue weighted by atomic mass is 35.5. The van der Waals surface area contributed by atoms with Gasteiger partial charge < -0.3 is 9.52 Å². The summed E-state index contributed by atoms with van der Waals surface area (Å²) in [4.78, 5) is 6.72. The van der Waals surface area contributed by atoms with E-state index in [1.807, 2.05) is 42.5 Å². The summed E-state index contributed by atoms with van der Waals surface area (Å²) in [6.07, 6.45) is 12.3. The highest BCUT2D eigenvalue weighted by molar-refractivity contribution is 7.99. The van der Waals surface area contributed by atoms with Gasteiger partial charge >= 0.3 is 0 Å². The lowest BCUT2D eigenvalue weighted by atomic mass is 9.96. The second kappa shape index (κ2) is 9.04. The third-order valence-electron chi connectivity index (χ3n) is 5.05. The minimum atomic E-state index is -0.985. The van der Waals surface area contributed by atoms with E-state index in [-0.39, 0.29) is 12.0 Å². The molecule has 4 rings (SSSR count). The molecule has 2 aliphatic rings. The van der Waals surface area contributed by atoms with Crippen molar-refractivity contribution in [3.05, 3.63) is 70.1 Å². The molecule has 2 aliphatic carbocycles. The molecule has 29 heavy (non-hydrogen) atoms. The maximum Gasteiger partial charge on any atom is 0.223 e.